The molecule has 196 valence electrons. The summed E-state index contributed by atoms with van der Waals surface area (Å²) < 4.78 is 11.3. The Morgan fingerprint density at radius 1 is 0.946 bits per heavy atom. The maximum atomic E-state index is 9.90. The average molecular weight is 501 g/mol. The molecule has 0 saturated carbocycles. The van der Waals surface area contributed by atoms with E-state index in [1.54, 1.807) is 20.3 Å². The van der Waals surface area contributed by atoms with E-state index in [0.717, 1.165) is 49.3 Å². The van der Waals surface area contributed by atoms with Gasteiger partial charge in [0.1, 0.15) is 5.75 Å². The van der Waals surface area contributed by atoms with Gasteiger partial charge < -0.3 is 24.8 Å². The molecule has 5 nitrogen and oxygen atoms in total. The fourth-order valence-corrected chi connectivity index (χ4v) is 5.77. The van der Waals surface area contributed by atoms with Crippen molar-refractivity contribution in [3.05, 3.63) is 82.4 Å². The molecule has 1 aliphatic heterocycles. The van der Waals surface area contributed by atoms with Gasteiger partial charge in [0.2, 0.25) is 0 Å². The summed E-state index contributed by atoms with van der Waals surface area (Å²) in [5.41, 5.74) is 7.73. The summed E-state index contributed by atoms with van der Waals surface area (Å²) in [7, 11) is 3.39. The molecule has 2 aliphatic rings. The predicted octanol–water partition coefficient (Wildman–Crippen LogP) is 5.97. The third kappa shape index (κ3) is 6.04. The van der Waals surface area contributed by atoms with Crippen LogP contribution in [-0.2, 0) is 25.7 Å². The van der Waals surface area contributed by atoms with Gasteiger partial charge in [0.15, 0.2) is 11.5 Å². The number of aryl methyl sites for hydroxylation is 1. The molecule has 0 spiro atoms. The van der Waals surface area contributed by atoms with E-state index in [0.29, 0.717) is 11.7 Å². The van der Waals surface area contributed by atoms with Crippen LogP contribution in [0.3, 0.4) is 0 Å². The Balaban J connectivity index is 1.30. The Bertz CT molecular complexity index is 1200. The van der Waals surface area contributed by atoms with Crippen LogP contribution in [0.25, 0.3) is 0 Å². The van der Waals surface area contributed by atoms with Crippen molar-refractivity contribution in [3.63, 3.8) is 0 Å². The van der Waals surface area contributed by atoms with Crippen LogP contribution in [0.4, 0.5) is 5.69 Å². The van der Waals surface area contributed by atoms with Crippen LogP contribution in [-0.4, -0.2) is 49.9 Å². The highest BCUT2D eigenvalue weighted by atomic mass is 16.5. The molecule has 37 heavy (non-hydrogen) atoms. The number of hydrogen-bond acceptors (Lipinski definition) is 5. The lowest BCUT2D eigenvalue weighted by Gasteiger charge is -2.30. The van der Waals surface area contributed by atoms with E-state index < -0.39 is 0 Å². The van der Waals surface area contributed by atoms with Gasteiger partial charge in [-0.25, -0.2) is 0 Å². The van der Waals surface area contributed by atoms with Gasteiger partial charge in [0, 0.05) is 24.3 Å². The lowest BCUT2D eigenvalue weighted by Crippen LogP contribution is -2.38. The molecule has 3 aromatic carbocycles. The number of hydrogen-bond donors (Lipinski definition) is 2. The smallest absolute Gasteiger partial charge is 0.162 e. The molecule has 3 aromatic rings. The standard InChI is InChI=1S/C32H40N2O3/c1-22(17-24-7-5-23(6-8-24)13-16-34-14-4-15-34)33-30-21-32(37-3)31(36-2)20-29(30)27-10-9-26-19-28(35)12-11-25(26)18-27/h5-8,11-12,19-22,27,33,35H,4,9-10,13-18H2,1-3H3. The van der Waals surface area contributed by atoms with Crippen molar-refractivity contribution in [1.82, 2.24) is 4.90 Å². The largest absolute Gasteiger partial charge is 0.508 e. The van der Waals surface area contributed by atoms with Gasteiger partial charge in [-0.15, -0.1) is 0 Å². The zero-order chi connectivity index (χ0) is 25.8. The number of anilines is 1. The molecule has 0 radical (unpaired) electrons. The average Bonchev–Trinajstić information content (AvgIpc) is 2.88. The van der Waals surface area contributed by atoms with Crippen molar-refractivity contribution < 1.29 is 14.6 Å². The first-order chi connectivity index (χ1) is 18.0. The molecular weight excluding hydrogens is 460 g/mol. The zero-order valence-electron chi connectivity index (χ0n) is 22.4. The number of likely N-dealkylation sites (tertiary alicyclic amines) is 1. The number of fused-ring (bicyclic) bond motifs is 1. The van der Waals surface area contributed by atoms with Crippen LogP contribution in [0.15, 0.2) is 54.6 Å². The minimum Gasteiger partial charge on any atom is -0.508 e. The second kappa shape index (κ2) is 11.5. The summed E-state index contributed by atoms with van der Waals surface area (Å²) in [5.74, 6) is 2.23. The molecule has 2 N–H and O–H groups in total. The van der Waals surface area contributed by atoms with Gasteiger partial charge in [-0.2, -0.15) is 0 Å². The molecule has 0 aromatic heterocycles. The number of benzene rings is 3. The summed E-state index contributed by atoms with van der Waals surface area (Å²) in [6.07, 6.45) is 6.38. The summed E-state index contributed by atoms with van der Waals surface area (Å²) in [5, 5.41) is 13.7. The van der Waals surface area contributed by atoms with E-state index in [4.69, 9.17) is 9.47 Å². The molecule has 2 unspecified atom stereocenters. The number of phenols is 1. The number of phenolic OH excluding ortho intramolecular Hbond substituents is 1. The fraction of sp³-hybridized carbons (Fsp3) is 0.438. The lowest BCUT2D eigenvalue weighted by molar-refractivity contribution is 0.184. The summed E-state index contributed by atoms with van der Waals surface area (Å²) in [6.45, 7) is 5.94. The predicted molar refractivity (Wildman–Crippen MR) is 150 cm³/mol. The van der Waals surface area contributed by atoms with Crippen LogP contribution in [0.1, 0.15) is 53.5 Å². The van der Waals surface area contributed by atoms with Crippen molar-refractivity contribution in [2.75, 3.05) is 39.2 Å². The summed E-state index contributed by atoms with van der Waals surface area (Å²) in [6, 6.07) is 19.4. The Hall–Kier alpha value is -3.18. The Morgan fingerprint density at radius 3 is 2.38 bits per heavy atom. The molecule has 2 atom stereocenters. The first-order valence-electron chi connectivity index (χ1n) is 13.7. The number of ether oxygens (including phenoxy) is 2. The van der Waals surface area contributed by atoms with Gasteiger partial charge >= 0.3 is 0 Å². The van der Waals surface area contributed by atoms with Gasteiger partial charge in [-0.1, -0.05) is 30.3 Å². The van der Waals surface area contributed by atoms with E-state index in [2.05, 4.69) is 59.6 Å². The van der Waals surface area contributed by atoms with Crippen molar-refractivity contribution in [2.45, 2.75) is 57.4 Å². The second-order valence-corrected chi connectivity index (χ2v) is 10.7. The van der Waals surface area contributed by atoms with Crippen molar-refractivity contribution in [3.8, 4) is 17.2 Å². The van der Waals surface area contributed by atoms with Gasteiger partial charge in [-0.3, -0.25) is 0 Å². The normalized spacial score (nSPS) is 18.0. The minimum atomic E-state index is 0.261. The first-order valence-corrected chi connectivity index (χ1v) is 13.7. The van der Waals surface area contributed by atoms with Crippen molar-refractivity contribution in [1.29, 1.82) is 0 Å². The summed E-state index contributed by atoms with van der Waals surface area (Å²) >= 11 is 0. The van der Waals surface area contributed by atoms with E-state index in [-0.39, 0.29) is 6.04 Å². The number of aromatic hydroxyl groups is 1. The third-order valence-electron chi connectivity index (χ3n) is 8.05. The lowest BCUT2D eigenvalue weighted by atomic mass is 9.79. The van der Waals surface area contributed by atoms with E-state index in [9.17, 15) is 5.11 Å². The topological polar surface area (TPSA) is 54.0 Å². The van der Waals surface area contributed by atoms with Gasteiger partial charge in [0.25, 0.3) is 0 Å². The highest BCUT2D eigenvalue weighted by Crippen LogP contribution is 2.42. The quantitative estimate of drug-likeness (QED) is 0.359. The molecule has 1 saturated heterocycles. The molecule has 0 amide bonds. The maximum Gasteiger partial charge on any atom is 0.162 e. The summed E-state index contributed by atoms with van der Waals surface area (Å²) in [4.78, 5) is 2.52. The highest BCUT2D eigenvalue weighted by molar-refractivity contribution is 5.63. The van der Waals surface area contributed by atoms with Gasteiger partial charge in [0.05, 0.1) is 14.2 Å². The van der Waals surface area contributed by atoms with E-state index in [1.807, 2.05) is 6.07 Å². The Morgan fingerprint density at radius 2 is 1.68 bits per heavy atom. The maximum absolute atomic E-state index is 9.90. The van der Waals surface area contributed by atoms with E-state index in [1.165, 1.54) is 53.9 Å². The van der Waals surface area contributed by atoms with Crippen molar-refractivity contribution >= 4 is 5.69 Å². The van der Waals surface area contributed by atoms with Crippen LogP contribution >= 0.6 is 0 Å². The van der Waals surface area contributed by atoms with Crippen LogP contribution in [0, 0.1) is 0 Å². The highest BCUT2D eigenvalue weighted by Gasteiger charge is 2.25. The number of methoxy groups -OCH3 is 2. The monoisotopic (exact) mass is 500 g/mol. The molecule has 5 heteroatoms. The second-order valence-electron chi connectivity index (χ2n) is 10.7. The van der Waals surface area contributed by atoms with E-state index >= 15 is 0 Å². The number of nitrogens with one attached hydrogen (secondary N) is 1. The molecule has 5 rings (SSSR count). The molecule has 0 bridgehead atoms. The fourth-order valence-electron chi connectivity index (χ4n) is 5.77. The minimum absolute atomic E-state index is 0.261. The Labute approximate surface area is 221 Å². The molecular formula is C32H40N2O3. The first kappa shape index (κ1) is 25.5. The molecule has 1 aliphatic carbocycles. The van der Waals surface area contributed by atoms with Crippen LogP contribution in [0.2, 0.25) is 0 Å². The number of nitrogens with zero attached hydrogens (tertiary/aromatic N) is 1. The molecule has 1 fully saturated rings. The zero-order valence-corrected chi connectivity index (χ0v) is 22.4. The van der Waals surface area contributed by atoms with Crippen molar-refractivity contribution in [2.24, 2.45) is 0 Å². The van der Waals surface area contributed by atoms with Crippen LogP contribution in [0.5, 0.6) is 17.2 Å². The number of rotatable bonds is 10. The van der Waals surface area contributed by atoms with Gasteiger partial charge in [-0.05, 0) is 110 Å². The third-order valence-corrected chi connectivity index (χ3v) is 8.05. The van der Waals surface area contributed by atoms with Crippen LogP contribution < -0.4 is 14.8 Å². The SMILES string of the molecule is COc1cc(NC(C)Cc2ccc(CCN3CCC3)cc2)c(C2CCc3cc(O)ccc3C2)cc1OC. The Kier molecular flexibility index (Phi) is 7.90. The molecule has 1 heterocycles.